The first kappa shape index (κ1) is 15.0. The first-order chi connectivity index (χ1) is 10.8. The molecule has 2 heterocycles. The van der Waals surface area contributed by atoms with Crippen LogP contribution >= 0.6 is 11.3 Å². The predicted octanol–water partition coefficient (Wildman–Crippen LogP) is 3.26. The van der Waals surface area contributed by atoms with Crippen LogP contribution in [-0.4, -0.2) is 38.0 Å². The summed E-state index contributed by atoms with van der Waals surface area (Å²) in [6.45, 7) is 1.51. The molecular weight excluding hydrogens is 302 g/mol. The van der Waals surface area contributed by atoms with Gasteiger partial charge in [-0.3, -0.25) is 0 Å². The molecule has 0 saturated heterocycles. The molecule has 6 heteroatoms. The average molecular weight is 319 g/mol. The van der Waals surface area contributed by atoms with E-state index in [9.17, 15) is 4.79 Å². The highest BCUT2D eigenvalue weighted by Gasteiger charge is 2.17. The minimum Gasteiger partial charge on any atom is -0.465 e. The molecule has 0 fully saturated rings. The molecule has 0 bridgehead atoms. The number of benzene rings is 1. The van der Waals surface area contributed by atoms with E-state index in [2.05, 4.69) is 16.7 Å². The number of para-hydroxylation sites is 1. The molecule has 0 aliphatic carbocycles. The third kappa shape index (κ3) is 2.61. The van der Waals surface area contributed by atoms with Crippen LogP contribution in [0.1, 0.15) is 9.67 Å². The van der Waals surface area contributed by atoms with E-state index in [0.29, 0.717) is 24.8 Å². The van der Waals surface area contributed by atoms with Gasteiger partial charge in [-0.25, -0.2) is 4.79 Å². The molecule has 22 heavy (non-hydrogen) atoms. The van der Waals surface area contributed by atoms with Gasteiger partial charge in [0, 0.05) is 17.9 Å². The average Bonchev–Trinajstić information content (AvgIpc) is 3.09. The number of aromatic nitrogens is 1. The van der Waals surface area contributed by atoms with Gasteiger partial charge < -0.3 is 18.8 Å². The first-order valence-electron chi connectivity index (χ1n) is 6.92. The van der Waals surface area contributed by atoms with Crippen molar-refractivity contribution in [2.45, 2.75) is 6.73 Å². The Morgan fingerprint density at radius 1 is 1.18 bits per heavy atom. The van der Waals surface area contributed by atoms with Crippen molar-refractivity contribution in [3.8, 4) is 0 Å². The maximum atomic E-state index is 11.8. The molecule has 0 amide bonds. The number of hydrogen-bond acceptors (Lipinski definition) is 5. The second kappa shape index (κ2) is 6.48. The van der Waals surface area contributed by atoms with Gasteiger partial charge in [-0.1, -0.05) is 18.2 Å². The van der Waals surface area contributed by atoms with E-state index in [1.807, 2.05) is 18.2 Å². The molecule has 116 valence electrons. The molecule has 0 aliphatic heterocycles. The number of rotatable bonds is 6. The fourth-order valence-electron chi connectivity index (χ4n) is 2.45. The lowest BCUT2D eigenvalue weighted by molar-refractivity contribution is 0.0378. The topological polar surface area (TPSA) is 49.7 Å². The van der Waals surface area contributed by atoms with Gasteiger partial charge in [-0.05, 0) is 12.1 Å². The number of methoxy groups -OCH3 is 2. The van der Waals surface area contributed by atoms with Crippen molar-refractivity contribution in [2.24, 2.45) is 0 Å². The summed E-state index contributed by atoms with van der Waals surface area (Å²) in [6, 6.07) is 9.99. The third-order valence-corrected chi connectivity index (χ3v) is 4.62. The highest BCUT2D eigenvalue weighted by Crippen LogP contribution is 2.35. The second-order valence-electron chi connectivity index (χ2n) is 4.80. The lowest BCUT2D eigenvalue weighted by atomic mass is 10.2. The highest BCUT2D eigenvalue weighted by molar-refractivity contribution is 7.20. The normalized spacial score (nSPS) is 11.4. The highest BCUT2D eigenvalue weighted by atomic mass is 32.1. The Bertz CT molecular complexity index is 805. The molecule has 0 aliphatic rings. The van der Waals surface area contributed by atoms with Crippen LogP contribution in [0.25, 0.3) is 21.1 Å². The zero-order chi connectivity index (χ0) is 15.5. The zero-order valence-corrected chi connectivity index (χ0v) is 13.3. The quantitative estimate of drug-likeness (QED) is 0.517. The monoisotopic (exact) mass is 319 g/mol. The van der Waals surface area contributed by atoms with Gasteiger partial charge >= 0.3 is 5.97 Å². The van der Waals surface area contributed by atoms with Crippen molar-refractivity contribution in [3.05, 3.63) is 35.2 Å². The molecule has 0 saturated carbocycles. The van der Waals surface area contributed by atoms with Crippen molar-refractivity contribution in [1.82, 2.24) is 4.57 Å². The van der Waals surface area contributed by atoms with Gasteiger partial charge in [0.15, 0.2) is 0 Å². The van der Waals surface area contributed by atoms with Crippen LogP contribution in [0.4, 0.5) is 0 Å². The van der Waals surface area contributed by atoms with Gasteiger partial charge in [0.25, 0.3) is 0 Å². The summed E-state index contributed by atoms with van der Waals surface area (Å²) in [7, 11) is 3.04. The van der Waals surface area contributed by atoms with Crippen LogP contribution in [0.2, 0.25) is 0 Å². The summed E-state index contributed by atoms with van der Waals surface area (Å²) in [6.07, 6.45) is 0. The minimum atomic E-state index is -0.308. The molecule has 0 N–H and O–H groups in total. The number of carbonyl (C=O) groups is 1. The molecule has 0 spiro atoms. The molecule has 1 aromatic carbocycles. The SMILES string of the molecule is COCCOCn1c2ccccc2c2cc(C(=O)OC)sc21. The zero-order valence-electron chi connectivity index (χ0n) is 12.5. The summed E-state index contributed by atoms with van der Waals surface area (Å²) < 4.78 is 17.5. The first-order valence-corrected chi connectivity index (χ1v) is 7.73. The number of ether oxygens (including phenoxy) is 3. The van der Waals surface area contributed by atoms with Crippen molar-refractivity contribution in [1.29, 1.82) is 0 Å². The Labute approximate surface area is 132 Å². The summed E-state index contributed by atoms with van der Waals surface area (Å²) >= 11 is 1.42. The number of carbonyl (C=O) groups excluding carboxylic acids is 1. The maximum absolute atomic E-state index is 11.8. The molecule has 5 nitrogen and oxygen atoms in total. The smallest absolute Gasteiger partial charge is 0.348 e. The standard InChI is InChI=1S/C16H17NO4S/c1-19-7-8-21-10-17-13-6-4-3-5-11(13)12-9-14(16(18)20-2)22-15(12)17/h3-6,9H,7-8,10H2,1-2H3. The van der Waals surface area contributed by atoms with E-state index in [0.717, 1.165) is 21.1 Å². The van der Waals surface area contributed by atoms with Crippen LogP contribution in [0, 0.1) is 0 Å². The number of esters is 1. The van der Waals surface area contributed by atoms with E-state index in [4.69, 9.17) is 14.2 Å². The van der Waals surface area contributed by atoms with E-state index >= 15 is 0 Å². The Hall–Kier alpha value is -1.89. The fraction of sp³-hybridized carbons (Fsp3) is 0.312. The van der Waals surface area contributed by atoms with Crippen LogP contribution in [0.3, 0.4) is 0 Å². The Morgan fingerprint density at radius 3 is 2.77 bits per heavy atom. The summed E-state index contributed by atoms with van der Waals surface area (Å²) in [5.41, 5.74) is 1.09. The summed E-state index contributed by atoms with van der Waals surface area (Å²) in [5, 5.41) is 2.16. The minimum absolute atomic E-state index is 0.308. The van der Waals surface area contributed by atoms with E-state index in [1.54, 1.807) is 7.11 Å². The molecule has 0 radical (unpaired) electrons. The van der Waals surface area contributed by atoms with Gasteiger partial charge in [-0.2, -0.15) is 0 Å². The van der Waals surface area contributed by atoms with Crippen LogP contribution in [0.5, 0.6) is 0 Å². The van der Waals surface area contributed by atoms with E-state index in [-0.39, 0.29) is 5.97 Å². The molecule has 0 unspecified atom stereocenters. The van der Waals surface area contributed by atoms with Gasteiger partial charge in [0.2, 0.25) is 0 Å². The van der Waals surface area contributed by atoms with Crippen molar-refractivity contribution in [3.63, 3.8) is 0 Å². The number of fused-ring (bicyclic) bond motifs is 3. The summed E-state index contributed by atoms with van der Waals surface area (Å²) in [4.78, 5) is 13.4. The lowest BCUT2D eigenvalue weighted by Gasteiger charge is -2.07. The maximum Gasteiger partial charge on any atom is 0.348 e. The number of thiophene rings is 1. The fourth-order valence-corrected chi connectivity index (χ4v) is 3.54. The summed E-state index contributed by atoms with van der Waals surface area (Å²) in [5.74, 6) is -0.308. The second-order valence-corrected chi connectivity index (χ2v) is 5.83. The third-order valence-electron chi connectivity index (χ3n) is 3.48. The molecular formula is C16H17NO4S. The van der Waals surface area contributed by atoms with Gasteiger partial charge in [0.1, 0.15) is 16.4 Å². The van der Waals surface area contributed by atoms with Crippen molar-refractivity contribution in [2.75, 3.05) is 27.4 Å². The van der Waals surface area contributed by atoms with Crippen molar-refractivity contribution >= 4 is 38.4 Å². The number of nitrogens with zero attached hydrogens (tertiary/aromatic N) is 1. The van der Waals surface area contributed by atoms with Crippen LogP contribution in [0.15, 0.2) is 30.3 Å². The number of hydrogen-bond donors (Lipinski definition) is 0. The predicted molar refractivity (Wildman–Crippen MR) is 86.5 cm³/mol. The molecule has 3 rings (SSSR count). The van der Waals surface area contributed by atoms with Crippen LogP contribution < -0.4 is 0 Å². The van der Waals surface area contributed by atoms with Gasteiger partial charge in [0.05, 0.1) is 25.8 Å². The van der Waals surface area contributed by atoms with Crippen LogP contribution in [-0.2, 0) is 20.9 Å². The largest absolute Gasteiger partial charge is 0.465 e. The Kier molecular flexibility index (Phi) is 4.42. The Morgan fingerprint density at radius 2 is 2.00 bits per heavy atom. The molecule has 2 aromatic heterocycles. The lowest BCUT2D eigenvalue weighted by Crippen LogP contribution is -2.06. The van der Waals surface area contributed by atoms with Crippen molar-refractivity contribution < 1.29 is 19.0 Å². The van der Waals surface area contributed by atoms with E-state index < -0.39 is 0 Å². The van der Waals surface area contributed by atoms with E-state index in [1.165, 1.54) is 18.4 Å². The van der Waals surface area contributed by atoms with Gasteiger partial charge in [-0.15, -0.1) is 11.3 Å². The molecule has 3 aromatic rings. The Balaban J connectivity index is 2.05. The molecule has 0 atom stereocenters.